The van der Waals surface area contributed by atoms with Gasteiger partial charge in [-0.25, -0.2) is 0 Å². The number of likely N-dealkylation sites (tertiary alicyclic amines) is 1. The van der Waals surface area contributed by atoms with E-state index in [1.54, 1.807) is 0 Å². The van der Waals surface area contributed by atoms with Gasteiger partial charge in [0, 0.05) is 31.2 Å². The van der Waals surface area contributed by atoms with Crippen LogP contribution in [0.1, 0.15) is 47.9 Å². The predicted molar refractivity (Wildman–Crippen MR) is 79.8 cm³/mol. The molecule has 0 bridgehead atoms. The van der Waals surface area contributed by atoms with Gasteiger partial charge >= 0.3 is 0 Å². The van der Waals surface area contributed by atoms with Gasteiger partial charge in [-0.3, -0.25) is 14.3 Å². The molecule has 6 nitrogen and oxygen atoms in total. The standard InChI is InChI=1S/C15H24N4O2/c1-4-7-19-11(3)13(10(2)17-19)15(21)18-8-5-12(6-9-18)14(16)20/h12H,4-9H2,1-3H3,(H2,16,20). The van der Waals surface area contributed by atoms with Crippen molar-refractivity contribution in [2.75, 3.05) is 13.1 Å². The Morgan fingerprint density at radius 2 is 1.90 bits per heavy atom. The van der Waals surface area contributed by atoms with Crippen molar-refractivity contribution in [2.24, 2.45) is 11.7 Å². The van der Waals surface area contributed by atoms with Gasteiger partial charge in [-0.1, -0.05) is 6.92 Å². The van der Waals surface area contributed by atoms with Crippen LogP contribution in [0.15, 0.2) is 0 Å². The van der Waals surface area contributed by atoms with E-state index >= 15 is 0 Å². The summed E-state index contributed by atoms with van der Waals surface area (Å²) in [6.07, 6.45) is 2.30. The van der Waals surface area contributed by atoms with Gasteiger partial charge in [0.05, 0.1) is 11.3 Å². The van der Waals surface area contributed by atoms with Gasteiger partial charge in [0.15, 0.2) is 0 Å². The maximum absolute atomic E-state index is 12.7. The van der Waals surface area contributed by atoms with Crippen LogP contribution in [-0.2, 0) is 11.3 Å². The summed E-state index contributed by atoms with van der Waals surface area (Å²) in [6, 6.07) is 0. The molecule has 0 atom stereocenters. The van der Waals surface area contributed by atoms with E-state index in [1.165, 1.54) is 0 Å². The summed E-state index contributed by atoms with van der Waals surface area (Å²) >= 11 is 0. The predicted octanol–water partition coefficient (Wildman–Crippen LogP) is 1.25. The number of carbonyl (C=O) groups excluding carboxylic acids is 2. The summed E-state index contributed by atoms with van der Waals surface area (Å²) in [7, 11) is 0. The van der Waals surface area contributed by atoms with Gasteiger partial charge in [-0.05, 0) is 33.1 Å². The number of hydrogen-bond donors (Lipinski definition) is 1. The van der Waals surface area contributed by atoms with Gasteiger partial charge in [0.25, 0.3) is 5.91 Å². The first-order chi connectivity index (χ1) is 9.95. The van der Waals surface area contributed by atoms with Crippen LogP contribution in [-0.4, -0.2) is 39.6 Å². The normalized spacial score (nSPS) is 16.2. The first-order valence-corrected chi connectivity index (χ1v) is 7.58. The van der Waals surface area contributed by atoms with E-state index in [-0.39, 0.29) is 17.7 Å². The van der Waals surface area contributed by atoms with Gasteiger partial charge < -0.3 is 10.6 Å². The lowest BCUT2D eigenvalue weighted by Crippen LogP contribution is -2.42. The number of carbonyl (C=O) groups is 2. The molecule has 0 spiro atoms. The van der Waals surface area contributed by atoms with Crippen molar-refractivity contribution in [1.29, 1.82) is 0 Å². The molecule has 2 heterocycles. The maximum atomic E-state index is 12.7. The summed E-state index contributed by atoms with van der Waals surface area (Å²) in [5.41, 5.74) is 7.75. The van der Waals surface area contributed by atoms with E-state index in [4.69, 9.17) is 5.73 Å². The minimum absolute atomic E-state index is 0.0234. The van der Waals surface area contributed by atoms with Crippen LogP contribution < -0.4 is 5.73 Å². The topological polar surface area (TPSA) is 81.2 Å². The van der Waals surface area contributed by atoms with Crippen LogP contribution >= 0.6 is 0 Å². The molecule has 1 aliphatic heterocycles. The van der Waals surface area contributed by atoms with Crippen LogP contribution in [0.25, 0.3) is 0 Å². The van der Waals surface area contributed by atoms with Crippen molar-refractivity contribution in [3.05, 3.63) is 17.0 Å². The number of piperidine rings is 1. The van der Waals surface area contributed by atoms with E-state index in [1.807, 2.05) is 23.4 Å². The first-order valence-electron chi connectivity index (χ1n) is 7.58. The minimum atomic E-state index is -0.259. The Labute approximate surface area is 125 Å². The molecule has 2 rings (SSSR count). The summed E-state index contributed by atoms with van der Waals surface area (Å²) in [4.78, 5) is 25.7. The number of hydrogen-bond acceptors (Lipinski definition) is 3. The van der Waals surface area contributed by atoms with E-state index < -0.39 is 0 Å². The maximum Gasteiger partial charge on any atom is 0.257 e. The second-order valence-electron chi connectivity index (χ2n) is 5.74. The second kappa shape index (κ2) is 6.28. The quantitative estimate of drug-likeness (QED) is 0.906. The number of aryl methyl sites for hydroxylation is 2. The van der Waals surface area contributed by atoms with Crippen LogP contribution in [0, 0.1) is 19.8 Å². The van der Waals surface area contributed by atoms with Crippen molar-refractivity contribution in [2.45, 2.75) is 46.6 Å². The molecule has 1 aliphatic rings. The lowest BCUT2D eigenvalue weighted by Gasteiger charge is -2.30. The van der Waals surface area contributed by atoms with E-state index in [9.17, 15) is 9.59 Å². The third kappa shape index (κ3) is 3.09. The Kier molecular flexibility index (Phi) is 4.65. The lowest BCUT2D eigenvalue weighted by atomic mass is 9.95. The Bertz CT molecular complexity index is 542. The van der Waals surface area contributed by atoms with Crippen molar-refractivity contribution >= 4 is 11.8 Å². The molecule has 1 aromatic heterocycles. The molecule has 1 saturated heterocycles. The van der Waals surface area contributed by atoms with E-state index in [2.05, 4.69) is 12.0 Å². The Morgan fingerprint density at radius 1 is 1.29 bits per heavy atom. The van der Waals surface area contributed by atoms with Crippen molar-refractivity contribution in [3.63, 3.8) is 0 Å². The number of nitrogens with two attached hydrogens (primary N) is 1. The summed E-state index contributed by atoms with van der Waals surface area (Å²) in [6.45, 7) is 7.91. The number of amides is 2. The number of nitrogens with zero attached hydrogens (tertiary/aromatic N) is 3. The molecule has 6 heteroatoms. The molecule has 0 aromatic carbocycles. The zero-order chi connectivity index (χ0) is 15.6. The highest BCUT2D eigenvalue weighted by molar-refractivity contribution is 5.96. The lowest BCUT2D eigenvalue weighted by molar-refractivity contribution is -0.123. The third-order valence-electron chi connectivity index (χ3n) is 4.22. The molecular weight excluding hydrogens is 268 g/mol. The van der Waals surface area contributed by atoms with Crippen LogP contribution in [0.5, 0.6) is 0 Å². The summed E-state index contributed by atoms with van der Waals surface area (Å²) in [5, 5.41) is 4.45. The monoisotopic (exact) mass is 292 g/mol. The van der Waals surface area contributed by atoms with Crippen LogP contribution in [0.4, 0.5) is 0 Å². The Balaban J connectivity index is 2.13. The fourth-order valence-corrected chi connectivity index (χ4v) is 2.96. The molecule has 2 N–H and O–H groups in total. The molecule has 116 valence electrons. The van der Waals surface area contributed by atoms with Gasteiger partial charge in [-0.2, -0.15) is 5.10 Å². The van der Waals surface area contributed by atoms with Crippen molar-refractivity contribution in [3.8, 4) is 0 Å². The zero-order valence-electron chi connectivity index (χ0n) is 13.1. The van der Waals surface area contributed by atoms with E-state index in [0.29, 0.717) is 31.5 Å². The first kappa shape index (κ1) is 15.5. The Hall–Kier alpha value is -1.85. The number of primary amides is 1. The Morgan fingerprint density at radius 3 is 2.43 bits per heavy atom. The van der Waals surface area contributed by atoms with Crippen molar-refractivity contribution in [1.82, 2.24) is 14.7 Å². The molecule has 1 fully saturated rings. The molecule has 0 aliphatic carbocycles. The summed E-state index contributed by atoms with van der Waals surface area (Å²) < 4.78 is 1.90. The molecule has 0 saturated carbocycles. The van der Waals surface area contributed by atoms with Crippen LogP contribution in [0.2, 0.25) is 0 Å². The molecule has 0 unspecified atom stereocenters. The smallest absolute Gasteiger partial charge is 0.257 e. The third-order valence-corrected chi connectivity index (χ3v) is 4.22. The summed E-state index contributed by atoms with van der Waals surface area (Å²) in [5.74, 6) is -0.334. The van der Waals surface area contributed by atoms with Gasteiger partial charge in [0.2, 0.25) is 5.91 Å². The zero-order valence-corrected chi connectivity index (χ0v) is 13.1. The highest BCUT2D eigenvalue weighted by atomic mass is 16.2. The van der Waals surface area contributed by atoms with Crippen molar-refractivity contribution < 1.29 is 9.59 Å². The molecular formula is C15H24N4O2. The largest absolute Gasteiger partial charge is 0.369 e. The number of rotatable bonds is 4. The highest BCUT2D eigenvalue weighted by Crippen LogP contribution is 2.21. The molecule has 21 heavy (non-hydrogen) atoms. The average molecular weight is 292 g/mol. The van der Waals surface area contributed by atoms with Gasteiger partial charge in [0.1, 0.15) is 0 Å². The van der Waals surface area contributed by atoms with E-state index in [0.717, 1.165) is 24.4 Å². The highest BCUT2D eigenvalue weighted by Gasteiger charge is 2.29. The SMILES string of the molecule is CCCn1nc(C)c(C(=O)N2CCC(C(N)=O)CC2)c1C. The average Bonchev–Trinajstić information content (AvgIpc) is 2.73. The molecule has 0 radical (unpaired) electrons. The van der Waals surface area contributed by atoms with Crippen LogP contribution in [0.3, 0.4) is 0 Å². The molecule has 2 amide bonds. The fraction of sp³-hybridized carbons (Fsp3) is 0.667. The fourth-order valence-electron chi connectivity index (χ4n) is 2.96. The van der Waals surface area contributed by atoms with Gasteiger partial charge in [-0.15, -0.1) is 0 Å². The number of aromatic nitrogens is 2. The second-order valence-corrected chi connectivity index (χ2v) is 5.74. The molecule has 1 aromatic rings. The minimum Gasteiger partial charge on any atom is -0.369 e.